The maximum Gasteiger partial charge on any atom is 0.213 e. The lowest BCUT2D eigenvalue weighted by molar-refractivity contribution is 0.122. The van der Waals surface area contributed by atoms with Crippen molar-refractivity contribution < 1.29 is 13.5 Å². The Hall–Kier alpha value is -2.36. The predicted molar refractivity (Wildman–Crippen MR) is 117 cm³/mol. The molecule has 30 heavy (non-hydrogen) atoms. The molecule has 2 saturated heterocycles. The Morgan fingerprint density at radius 3 is 2.50 bits per heavy atom. The number of pyridine rings is 1. The van der Waals surface area contributed by atoms with Gasteiger partial charge in [0, 0.05) is 51.5 Å². The van der Waals surface area contributed by atoms with E-state index in [9.17, 15) is 8.78 Å². The van der Waals surface area contributed by atoms with Crippen LogP contribution in [-0.4, -0.2) is 72.4 Å². The molecule has 160 valence electrons. The van der Waals surface area contributed by atoms with E-state index in [-0.39, 0.29) is 5.82 Å². The van der Waals surface area contributed by atoms with Gasteiger partial charge in [0.2, 0.25) is 5.95 Å². The van der Waals surface area contributed by atoms with Crippen molar-refractivity contribution in [3.8, 4) is 0 Å². The number of morpholine rings is 1. The minimum atomic E-state index is -0.455. The molecule has 2 aliphatic heterocycles. The molecule has 3 heterocycles. The summed E-state index contributed by atoms with van der Waals surface area (Å²) in [6.45, 7) is 6.31. The molecule has 1 aromatic heterocycles. The van der Waals surface area contributed by atoms with E-state index in [2.05, 4.69) is 20.1 Å². The molecule has 4 rings (SSSR count). The van der Waals surface area contributed by atoms with Crippen molar-refractivity contribution in [3.05, 3.63) is 53.9 Å². The van der Waals surface area contributed by atoms with Crippen molar-refractivity contribution in [1.82, 2.24) is 14.8 Å². The molecule has 2 fully saturated rings. The normalized spacial score (nSPS) is 17.8. The topological polar surface area (TPSA) is 43.9 Å². The molecule has 0 unspecified atom stereocenters. The fourth-order valence-electron chi connectivity index (χ4n) is 3.72. The van der Waals surface area contributed by atoms with Crippen LogP contribution in [0.15, 0.2) is 36.4 Å². The second-order valence-corrected chi connectivity index (χ2v) is 7.80. The second kappa shape index (κ2) is 9.63. The van der Waals surface area contributed by atoms with E-state index < -0.39 is 5.95 Å². The molecule has 0 atom stereocenters. The van der Waals surface area contributed by atoms with Crippen molar-refractivity contribution in [2.45, 2.75) is 6.54 Å². The lowest BCUT2D eigenvalue weighted by Gasteiger charge is -2.36. The second-order valence-electron chi connectivity index (χ2n) is 7.41. The van der Waals surface area contributed by atoms with Crippen LogP contribution in [0, 0.1) is 11.8 Å². The summed E-state index contributed by atoms with van der Waals surface area (Å²) >= 11 is 5.53. The summed E-state index contributed by atoms with van der Waals surface area (Å²) in [7, 11) is 0. The highest BCUT2D eigenvalue weighted by atomic mass is 32.1. The Morgan fingerprint density at radius 1 is 1.03 bits per heavy atom. The number of hydrogen-bond donors (Lipinski definition) is 1. The van der Waals surface area contributed by atoms with Crippen molar-refractivity contribution in [2.24, 2.45) is 0 Å². The van der Waals surface area contributed by atoms with Gasteiger partial charge in [-0.1, -0.05) is 6.07 Å². The van der Waals surface area contributed by atoms with Crippen LogP contribution in [0.2, 0.25) is 0 Å². The first-order valence-corrected chi connectivity index (χ1v) is 10.5. The third-order valence-corrected chi connectivity index (χ3v) is 5.73. The molecule has 0 saturated carbocycles. The van der Waals surface area contributed by atoms with E-state index in [0.29, 0.717) is 49.3 Å². The van der Waals surface area contributed by atoms with Crippen LogP contribution < -0.4 is 10.2 Å². The maximum atomic E-state index is 14.6. The summed E-state index contributed by atoms with van der Waals surface area (Å²) < 4.78 is 33.2. The van der Waals surface area contributed by atoms with Gasteiger partial charge in [-0.15, -0.1) is 0 Å². The molecular formula is C21H25F2N5OS. The Balaban J connectivity index is 1.29. The van der Waals surface area contributed by atoms with Gasteiger partial charge in [0.25, 0.3) is 0 Å². The van der Waals surface area contributed by atoms with Crippen LogP contribution in [0.5, 0.6) is 0 Å². The standard InChI is InChI=1S/C21H25F2N5OS/c22-18-14-16(4-5-19(18)27-10-12-29-13-11-27)25-21(30)28-8-6-26(7-9-28)15-17-2-1-3-20(23)24-17/h1-5,14H,6-13,15H2,(H,25,30). The van der Waals surface area contributed by atoms with Crippen molar-refractivity contribution in [1.29, 1.82) is 0 Å². The van der Waals surface area contributed by atoms with Crippen LogP contribution in [0.25, 0.3) is 0 Å². The van der Waals surface area contributed by atoms with Crippen LogP contribution in [0.1, 0.15) is 5.69 Å². The molecule has 2 aromatic rings. The van der Waals surface area contributed by atoms with Crippen molar-refractivity contribution in [2.75, 3.05) is 62.7 Å². The first-order chi connectivity index (χ1) is 14.6. The minimum absolute atomic E-state index is 0.267. The number of aromatic nitrogens is 1. The molecule has 1 N–H and O–H groups in total. The Bertz CT molecular complexity index is 885. The third-order valence-electron chi connectivity index (χ3n) is 5.37. The molecule has 1 aromatic carbocycles. The molecule has 0 aliphatic carbocycles. The molecule has 2 aliphatic rings. The number of anilines is 2. The summed E-state index contributed by atoms with van der Waals surface area (Å²) in [5, 5.41) is 3.73. The number of benzene rings is 1. The smallest absolute Gasteiger partial charge is 0.213 e. The fourth-order valence-corrected chi connectivity index (χ4v) is 4.02. The van der Waals surface area contributed by atoms with E-state index in [4.69, 9.17) is 17.0 Å². The van der Waals surface area contributed by atoms with E-state index >= 15 is 0 Å². The van der Waals surface area contributed by atoms with E-state index in [1.807, 2.05) is 17.0 Å². The molecule has 9 heteroatoms. The predicted octanol–water partition coefficient (Wildman–Crippen LogP) is 2.71. The number of halogens is 2. The van der Waals surface area contributed by atoms with Gasteiger partial charge in [-0.3, -0.25) is 4.90 Å². The van der Waals surface area contributed by atoms with Crippen LogP contribution >= 0.6 is 12.2 Å². The zero-order chi connectivity index (χ0) is 20.9. The zero-order valence-electron chi connectivity index (χ0n) is 16.7. The largest absolute Gasteiger partial charge is 0.378 e. The van der Waals surface area contributed by atoms with Gasteiger partial charge in [0.15, 0.2) is 5.11 Å². The van der Waals surface area contributed by atoms with Gasteiger partial charge in [-0.05, 0) is 42.5 Å². The third kappa shape index (κ3) is 5.21. The summed E-state index contributed by atoms with van der Waals surface area (Å²) in [5.41, 5.74) is 1.95. The van der Waals surface area contributed by atoms with Crippen LogP contribution in [0.4, 0.5) is 20.2 Å². The average molecular weight is 434 g/mol. The molecular weight excluding hydrogens is 408 g/mol. The Kier molecular flexibility index (Phi) is 6.71. The first kappa shape index (κ1) is 20.9. The van der Waals surface area contributed by atoms with Gasteiger partial charge in [0.05, 0.1) is 24.6 Å². The highest BCUT2D eigenvalue weighted by Crippen LogP contribution is 2.24. The summed E-state index contributed by atoms with van der Waals surface area (Å²) in [4.78, 5) is 10.2. The number of rotatable bonds is 4. The van der Waals surface area contributed by atoms with Gasteiger partial charge >= 0.3 is 0 Å². The minimum Gasteiger partial charge on any atom is -0.378 e. The lowest BCUT2D eigenvalue weighted by Crippen LogP contribution is -2.49. The van der Waals surface area contributed by atoms with Gasteiger partial charge < -0.3 is 19.9 Å². The van der Waals surface area contributed by atoms with E-state index in [1.165, 1.54) is 12.1 Å². The van der Waals surface area contributed by atoms with Crippen molar-refractivity contribution >= 4 is 28.7 Å². The number of nitrogens with zero attached hydrogens (tertiary/aromatic N) is 4. The van der Waals surface area contributed by atoms with Gasteiger partial charge in [-0.25, -0.2) is 9.37 Å². The lowest BCUT2D eigenvalue weighted by atomic mass is 10.2. The van der Waals surface area contributed by atoms with E-state index in [1.54, 1.807) is 12.1 Å². The first-order valence-electron chi connectivity index (χ1n) is 10.1. The number of nitrogens with one attached hydrogen (secondary N) is 1. The maximum absolute atomic E-state index is 14.6. The highest BCUT2D eigenvalue weighted by Gasteiger charge is 2.20. The van der Waals surface area contributed by atoms with Crippen molar-refractivity contribution in [3.63, 3.8) is 0 Å². The Morgan fingerprint density at radius 2 is 1.80 bits per heavy atom. The number of thiocarbonyl (C=S) groups is 1. The monoisotopic (exact) mass is 433 g/mol. The number of ether oxygens (including phenoxy) is 1. The van der Waals surface area contributed by atoms with Gasteiger partial charge in [-0.2, -0.15) is 4.39 Å². The SMILES string of the molecule is Fc1cccc(CN2CCN(C(=S)Nc3ccc(N4CCOCC4)c(F)c3)CC2)n1. The molecule has 0 bridgehead atoms. The summed E-state index contributed by atoms with van der Waals surface area (Å²) in [6, 6.07) is 9.99. The molecule has 0 radical (unpaired) electrons. The van der Waals surface area contributed by atoms with E-state index in [0.717, 1.165) is 31.9 Å². The number of piperazine rings is 1. The van der Waals surface area contributed by atoms with Crippen LogP contribution in [0.3, 0.4) is 0 Å². The highest BCUT2D eigenvalue weighted by molar-refractivity contribution is 7.80. The summed E-state index contributed by atoms with van der Waals surface area (Å²) in [6.07, 6.45) is 0. The van der Waals surface area contributed by atoms with Gasteiger partial charge in [0.1, 0.15) is 5.82 Å². The fraction of sp³-hybridized carbons (Fsp3) is 0.429. The number of hydrogen-bond acceptors (Lipinski definition) is 5. The summed E-state index contributed by atoms with van der Waals surface area (Å²) in [5.74, 6) is -0.722. The quantitative estimate of drug-likeness (QED) is 0.588. The van der Waals surface area contributed by atoms with Crippen LogP contribution in [-0.2, 0) is 11.3 Å². The molecule has 0 amide bonds. The Labute approximate surface area is 180 Å². The molecule has 0 spiro atoms. The zero-order valence-corrected chi connectivity index (χ0v) is 17.5. The molecule has 6 nitrogen and oxygen atoms in total. The average Bonchev–Trinajstić information content (AvgIpc) is 2.75.